The highest BCUT2D eigenvalue weighted by molar-refractivity contribution is 9.10. The molecule has 5 heteroatoms. The zero-order valence-corrected chi connectivity index (χ0v) is 11.7. The van der Waals surface area contributed by atoms with Gasteiger partial charge >= 0.3 is 0 Å². The van der Waals surface area contributed by atoms with Crippen LogP contribution in [0.1, 0.15) is 12.6 Å². The first-order valence-corrected chi connectivity index (χ1v) is 6.48. The number of oxazole rings is 1. The van der Waals surface area contributed by atoms with Crippen LogP contribution >= 0.6 is 27.5 Å². The summed E-state index contributed by atoms with van der Waals surface area (Å²) in [5.74, 6) is 0.773. The summed E-state index contributed by atoms with van der Waals surface area (Å²) >= 11 is 9.39. The Morgan fingerprint density at radius 3 is 3.00 bits per heavy atom. The van der Waals surface area contributed by atoms with Crippen LogP contribution in [0, 0.1) is 0 Å². The Hall–Kier alpha value is -0.840. The molecule has 0 fully saturated rings. The van der Waals surface area contributed by atoms with E-state index < -0.39 is 0 Å². The average Bonchev–Trinajstić information content (AvgIpc) is 2.74. The van der Waals surface area contributed by atoms with Gasteiger partial charge in [-0.3, -0.25) is 0 Å². The van der Waals surface area contributed by atoms with Gasteiger partial charge in [-0.1, -0.05) is 18.5 Å². The molecule has 0 bridgehead atoms. The van der Waals surface area contributed by atoms with Crippen LogP contribution in [0.3, 0.4) is 0 Å². The maximum Gasteiger partial charge on any atom is 0.181 e. The minimum Gasteiger partial charge on any atom is -0.443 e. The molecule has 3 nitrogen and oxygen atoms in total. The van der Waals surface area contributed by atoms with E-state index in [4.69, 9.17) is 16.0 Å². The van der Waals surface area contributed by atoms with Gasteiger partial charge in [0.05, 0.1) is 0 Å². The molecule has 1 heterocycles. The lowest BCUT2D eigenvalue weighted by atomic mass is 10.1. The number of nitrogens with one attached hydrogen (secondary N) is 1. The Balaban J connectivity index is 2.35. The van der Waals surface area contributed by atoms with E-state index in [-0.39, 0.29) is 0 Å². The molecule has 0 unspecified atom stereocenters. The van der Waals surface area contributed by atoms with E-state index in [0.29, 0.717) is 11.6 Å². The van der Waals surface area contributed by atoms with Gasteiger partial charge in [-0.15, -0.1) is 0 Å². The van der Waals surface area contributed by atoms with Gasteiger partial charge in [0.15, 0.2) is 12.2 Å². The molecule has 0 saturated heterocycles. The fraction of sp³-hybridized carbons (Fsp3) is 0.250. The van der Waals surface area contributed by atoms with Crippen LogP contribution in [0.25, 0.3) is 11.3 Å². The zero-order chi connectivity index (χ0) is 12.3. The van der Waals surface area contributed by atoms with Crippen LogP contribution in [0.4, 0.5) is 0 Å². The third kappa shape index (κ3) is 2.89. The molecule has 0 aliphatic carbocycles. The molecule has 2 rings (SSSR count). The molecule has 0 amide bonds. The van der Waals surface area contributed by atoms with Crippen LogP contribution < -0.4 is 5.32 Å². The average molecular weight is 316 g/mol. The lowest BCUT2D eigenvalue weighted by molar-refractivity contribution is 0.569. The Morgan fingerprint density at radius 2 is 2.29 bits per heavy atom. The smallest absolute Gasteiger partial charge is 0.181 e. The number of hydrogen-bond acceptors (Lipinski definition) is 3. The fourth-order valence-electron chi connectivity index (χ4n) is 1.53. The van der Waals surface area contributed by atoms with Gasteiger partial charge < -0.3 is 9.73 Å². The zero-order valence-electron chi connectivity index (χ0n) is 9.34. The Bertz CT molecular complexity index is 513. The molecule has 0 radical (unpaired) electrons. The van der Waals surface area contributed by atoms with Crippen molar-refractivity contribution in [2.45, 2.75) is 13.5 Å². The van der Waals surface area contributed by atoms with Crippen molar-refractivity contribution in [1.82, 2.24) is 10.3 Å². The first-order valence-electron chi connectivity index (χ1n) is 5.31. The fourth-order valence-corrected chi connectivity index (χ4v) is 2.39. The number of rotatable bonds is 4. The number of halogens is 2. The maximum absolute atomic E-state index is 5.91. The second-order valence-electron chi connectivity index (χ2n) is 3.53. The Labute approximate surface area is 113 Å². The van der Waals surface area contributed by atoms with Crippen LogP contribution in [-0.4, -0.2) is 11.5 Å². The number of aromatic nitrogens is 1. The van der Waals surface area contributed by atoms with Gasteiger partial charge in [0, 0.05) is 21.6 Å². The predicted molar refractivity (Wildman–Crippen MR) is 72.0 cm³/mol. The van der Waals surface area contributed by atoms with E-state index in [9.17, 15) is 0 Å². The van der Waals surface area contributed by atoms with Crippen molar-refractivity contribution in [2.24, 2.45) is 0 Å². The standard InChI is InChI=1S/C12H12BrClN2O/c1-2-15-6-11-12(17-7-16-11)9-4-3-8(14)5-10(9)13/h3-5,7,15H,2,6H2,1H3. The topological polar surface area (TPSA) is 38.1 Å². The summed E-state index contributed by atoms with van der Waals surface area (Å²) in [5, 5.41) is 3.92. The van der Waals surface area contributed by atoms with Crippen molar-refractivity contribution in [2.75, 3.05) is 6.54 Å². The van der Waals surface area contributed by atoms with Gasteiger partial charge in [0.25, 0.3) is 0 Å². The molecule has 90 valence electrons. The van der Waals surface area contributed by atoms with E-state index in [1.807, 2.05) is 18.2 Å². The van der Waals surface area contributed by atoms with E-state index in [0.717, 1.165) is 28.0 Å². The highest BCUT2D eigenvalue weighted by atomic mass is 79.9. The van der Waals surface area contributed by atoms with E-state index in [2.05, 4.69) is 33.2 Å². The highest BCUT2D eigenvalue weighted by Gasteiger charge is 2.13. The highest BCUT2D eigenvalue weighted by Crippen LogP contribution is 2.32. The van der Waals surface area contributed by atoms with Gasteiger partial charge in [-0.05, 0) is 40.7 Å². The summed E-state index contributed by atoms with van der Waals surface area (Å²) in [7, 11) is 0. The quantitative estimate of drug-likeness (QED) is 0.931. The summed E-state index contributed by atoms with van der Waals surface area (Å²) in [6, 6.07) is 5.60. The summed E-state index contributed by atoms with van der Waals surface area (Å²) < 4.78 is 6.35. The van der Waals surface area contributed by atoms with Gasteiger partial charge in [0.2, 0.25) is 0 Å². The van der Waals surface area contributed by atoms with Crippen molar-refractivity contribution in [1.29, 1.82) is 0 Å². The van der Waals surface area contributed by atoms with E-state index in [1.54, 1.807) is 0 Å². The van der Waals surface area contributed by atoms with Crippen molar-refractivity contribution in [3.05, 3.63) is 39.8 Å². The number of hydrogen-bond donors (Lipinski definition) is 1. The minimum absolute atomic E-state index is 0.688. The minimum atomic E-state index is 0.688. The molecule has 17 heavy (non-hydrogen) atoms. The molecule has 0 spiro atoms. The summed E-state index contributed by atoms with van der Waals surface area (Å²) in [6.45, 7) is 3.64. The Morgan fingerprint density at radius 1 is 1.47 bits per heavy atom. The van der Waals surface area contributed by atoms with Crippen LogP contribution in [-0.2, 0) is 6.54 Å². The maximum atomic E-state index is 5.91. The normalized spacial score (nSPS) is 10.8. The van der Waals surface area contributed by atoms with Gasteiger partial charge in [0.1, 0.15) is 5.69 Å². The molecular weight excluding hydrogens is 304 g/mol. The molecule has 1 aromatic heterocycles. The van der Waals surface area contributed by atoms with Gasteiger partial charge in [-0.2, -0.15) is 0 Å². The molecule has 0 aliphatic heterocycles. The Kier molecular flexibility index (Phi) is 4.20. The third-order valence-electron chi connectivity index (χ3n) is 2.36. The van der Waals surface area contributed by atoms with Gasteiger partial charge in [-0.25, -0.2) is 4.98 Å². The lowest BCUT2D eigenvalue weighted by Crippen LogP contribution is -2.12. The number of nitrogens with zero attached hydrogens (tertiary/aromatic N) is 1. The second-order valence-corrected chi connectivity index (χ2v) is 4.82. The largest absolute Gasteiger partial charge is 0.443 e. The first-order chi connectivity index (χ1) is 8.22. The molecule has 1 aromatic carbocycles. The van der Waals surface area contributed by atoms with Crippen molar-refractivity contribution < 1.29 is 4.42 Å². The lowest BCUT2D eigenvalue weighted by Gasteiger charge is -2.04. The van der Waals surface area contributed by atoms with Crippen LogP contribution in [0.2, 0.25) is 5.02 Å². The second kappa shape index (κ2) is 5.67. The molecule has 2 aromatic rings. The van der Waals surface area contributed by atoms with E-state index >= 15 is 0 Å². The van der Waals surface area contributed by atoms with E-state index in [1.165, 1.54) is 6.39 Å². The summed E-state index contributed by atoms with van der Waals surface area (Å²) in [4.78, 5) is 4.21. The predicted octanol–water partition coefficient (Wildman–Crippen LogP) is 3.87. The summed E-state index contributed by atoms with van der Waals surface area (Å²) in [6.07, 6.45) is 1.46. The third-order valence-corrected chi connectivity index (χ3v) is 3.25. The molecule has 0 saturated carbocycles. The van der Waals surface area contributed by atoms with Crippen LogP contribution in [0.15, 0.2) is 33.5 Å². The number of benzene rings is 1. The van der Waals surface area contributed by atoms with Crippen molar-refractivity contribution in [3.63, 3.8) is 0 Å². The van der Waals surface area contributed by atoms with Crippen molar-refractivity contribution >= 4 is 27.5 Å². The molecule has 1 N–H and O–H groups in total. The molecular formula is C12H12BrClN2O. The van der Waals surface area contributed by atoms with Crippen molar-refractivity contribution in [3.8, 4) is 11.3 Å². The molecule has 0 aliphatic rings. The van der Waals surface area contributed by atoms with Crippen LogP contribution in [0.5, 0.6) is 0 Å². The SMILES string of the molecule is CCNCc1ncoc1-c1ccc(Cl)cc1Br. The first kappa shape index (κ1) is 12.6. The molecule has 0 atom stereocenters. The summed E-state index contributed by atoms with van der Waals surface area (Å²) in [5.41, 5.74) is 1.86. The monoisotopic (exact) mass is 314 g/mol.